The van der Waals surface area contributed by atoms with Gasteiger partial charge < -0.3 is 15.5 Å². The highest BCUT2D eigenvalue weighted by Gasteiger charge is 2.36. The van der Waals surface area contributed by atoms with Gasteiger partial charge in [-0.05, 0) is 11.6 Å². The number of amides is 1. The fourth-order valence-corrected chi connectivity index (χ4v) is 2.59. The van der Waals surface area contributed by atoms with Crippen LogP contribution in [0.25, 0.3) is 0 Å². The molecule has 1 saturated heterocycles. The zero-order valence-electron chi connectivity index (χ0n) is 11.3. The van der Waals surface area contributed by atoms with Crippen molar-refractivity contribution in [3.63, 3.8) is 0 Å². The van der Waals surface area contributed by atoms with Crippen LogP contribution in [0.5, 0.6) is 0 Å². The Labute approximate surface area is 127 Å². The van der Waals surface area contributed by atoms with Gasteiger partial charge in [-0.15, -0.1) is 0 Å². The molecule has 1 aliphatic heterocycles. The van der Waals surface area contributed by atoms with Gasteiger partial charge >= 0.3 is 5.97 Å². The van der Waals surface area contributed by atoms with Crippen LogP contribution in [0.3, 0.4) is 0 Å². The first-order valence-electron chi connectivity index (χ1n) is 6.62. The Kier molecular flexibility index (Phi) is 5.17. The summed E-state index contributed by atoms with van der Waals surface area (Å²) in [6.45, 7) is 0.418. The lowest BCUT2D eigenvalue weighted by atomic mass is 10.2. The Morgan fingerprint density at radius 3 is 2.76 bits per heavy atom. The predicted octanol–water partition coefficient (Wildman–Crippen LogP) is 0.476. The Morgan fingerprint density at radius 1 is 1.38 bits per heavy atom. The maximum Gasteiger partial charge on any atom is 0.321 e. The van der Waals surface area contributed by atoms with Gasteiger partial charge in [0.15, 0.2) is 0 Å². The molecule has 0 aliphatic carbocycles. The molecular weight excluding hydrogens is 296 g/mol. The molecule has 1 amide bonds. The van der Waals surface area contributed by atoms with Crippen LogP contribution in [-0.4, -0.2) is 52.2 Å². The van der Waals surface area contributed by atoms with Gasteiger partial charge in [-0.2, -0.15) is 0 Å². The van der Waals surface area contributed by atoms with Crippen LogP contribution in [0.2, 0.25) is 5.02 Å². The van der Waals surface area contributed by atoms with Crippen molar-refractivity contribution in [1.82, 2.24) is 10.2 Å². The Hall–Kier alpha value is -1.63. The van der Waals surface area contributed by atoms with Crippen molar-refractivity contribution in [1.29, 1.82) is 0 Å². The fourth-order valence-electron chi connectivity index (χ4n) is 2.39. The zero-order valence-corrected chi connectivity index (χ0v) is 12.1. The van der Waals surface area contributed by atoms with Crippen LogP contribution in [-0.2, 0) is 16.1 Å². The van der Waals surface area contributed by atoms with Gasteiger partial charge in [-0.1, -0.05) is 29.8 Å². The monoisotopic (exact) mass is 312 g/mol. The molecule has 1 aromatic rings. The molecule has 1 heterocycles. The van der Waals surface area contributed by atoms with E-state index in [0.717, 1.165) is 5.56 Å². The lowest BCUT2D eigenvalue weighted by Gasteiger charge is -2.20. The number of β-amino-alcohol motifs (C(OH)–C–C–N with tert-alkyl or cyclic N) is 1. The molecule has 1 aromatic carbocycles. The number of aliphatic carboxylic acids is 1. The number of carboxylic acids is 1. The third kappa shape index (κ3) is 4.17. The quantitative estimate of drug-likeness (QED) is 0.735. The first kappa shape index (κ1) is 15.8. The number of carbonyl (C=O) groups excluding carboxylic acids is 1. The Morgan fingerprint density at radius 2 is 2.10 bits per heavy atom. The maximum atomic E-state index is 11.9. The first-order valence-corrected chi connectivity index (χ1v) is 7.00. The molecule has 0 bridgehead atoms. The number of hydrogen-bond acceptors (Lipinski definition) is 4. The summed E-state index contributed by atoms with van der Waals surface area (Å²) in [6.07, 6.45) is -0.560. The van der Waals surface area contributed by atoms with Gasteiger partial charge in [0.25, 0.3) is 0 Å². The lowest BCUT2D eigenvalue weighted by molar-refractivity contribution is -0.142. The number of aliphatic hydroxyl groups is 1. The summed E-state index contributed by atoms with van der Waals surface area (Å²) in [4.78, 5) is 24.4. The van der Waals surface area contributed by atoms with E-state index in [1.165, 1.54) is 4.90 Å². The van der Waals surface area contributed by atoms with Crippen molar-refractivity contribution in [2.45, 2.75) is 25.1 Å². The second kappa shape index (κ2) is 6.89. The molecule has 7 heteroatoms. The smallest absolute Gasteiger partial charge is 0.321 e. The first-order chi connectivity index (χ1) is 9.97. The highest BCUT2D eigenvalue weighted by Crippen LogP contribution is 2.18. The molecule has 1 fully saturated rings. The number of nitrogens with zero attached hydrogens (tertiary/aromatic N) is 1. The minimum atomic E-state index is -1.02. The van der Waals surface area contributed by atoms with E-state index in [9.17, 15) is 14.7 Å². The summed E-state index contributed by atoms with van der Waals surface area (Å²) >= 11 is 5.99. The topological polar surface area (TPSA) is 89.9 Å². The van der Waals surface area contributed by atoms with Gasteiger partial charge in [0.1, 0.15) is 6.04 Å². The van der Waals surface area contributed by atoms with E-state index in [1.807, 2.05) is 12.1 Å². The number of aliphatic hydroxyl groups excluding tert-OH is 1. The van der Waals surface area contributed by atoms with Crippen molar-refractivity contribution in [3.8, 4) is 0 Å². The molecule has 114 valence electrons. The second-order valence-electron chi connectivity index (χ2n) is 5.04. The molecule has 21 heavy (non-hydrogen) atoms. The molecule has 3 N–H and O–H groups in total. The molecule has 0 spiro atoms. The number of benzene rings is 1. The average molecular weight is 313 g/mol. The van der Waals surface area contributed by atoms with Crippen LogP contribution in [0.15, 0.2) is 24.3 Å². The van der Waals surface area contributed by atoms with E-state index in [4.69, 9.17) is 16.7 Å². The van der Waals surface area contributed by atoms with Crippen LogP contribution in [0.1, 0.15) is 12.0 Å². The zero-order chi connectivity index (χ0) is 15.4. The number of carbonyl (C=O) groups is 2. The number of rotatable bonds is 5. The van der Waals surface area contributed by atoms with Crippen LogP contribution in [0, 0.1) is 0 Å². The Balaban J connectivity index is 1.87. The molecule has 2 atom stereocenters. The van der Waals surface area contributed by atoms with Crippen molar-refractivity contribution in [2.24, 2.45) is 0 Å². The van der Waals surface area contributed by atoms with Crippen LogP contribution in [0.4, 0.5) is 0 Å². The van der Waals surface area contributed by atoms with E-state index >= 15 is 0 Å². The second-order valence-corrected chi connectivity index (χ2v) is 5.45. The third-order valence-corrected chi connectivity index (χ3v) is 3.82. The number of likely N-dealkylation sites (tertiary alicyclic amines) is 1. The standard InChI is InChI=1S/C14H17ClN2O4/c15-11-4-2-1-3-9(11)6-16-13(19)8-17-7-10(18)5-12(17)14(20)21/h1-4,10,12,18H,5-8H2,(H,16,19)(H,20,21). The van der Waals surface area contributed by atoms with Gasteiger partial charge in [-0.3, -0.25) is 14.5 Å². The fraction of sp³-hybridized carbons (Fsp3) is 0.429. The summed E-state index contributed by atoms with van der Waals surface area (Å²) < 4.78 is 0. The Bertz CT molecular complexity index is 537. The van der Waals surface area contributed by atoms with Crippen molar-refractivity contribution in [3.05, 3.63) is 34.9 Å². The van der Waals surface area contributed by atoms with Crippen molar-refractivity contribution < 1.29 is 19.8 Å². The lowest BCUT2D eigenvalue weighted by Crippen LogP contribution is -2.43. The van der Waals surface area contributed by atoms with Gasteiger partial charge in [0.05, 0.1) is 12.6 Å². The van der Waals surface area contributed by atoms with Crippen LogP contribution >= 0.6 is 11.6 Å². The van der Waals surface area contributed by atoms with E-state index in [0.29, 0.717) is 5.02 Å². The number of nitrogens with one attached hydrogen (secondary N) is 1. The molecule has 0 saturated carbocycles. The number of halogens is 1. The highest BCUT2D eigenvalue weighted by atomic mass is 35.5. The molecule has 0 aromatic heterocycles. The average Bonchev–Trinajstić information content (AvgIpc) is 2.79. The molecule has 2 rings (SSSR count). The molecule has 6 nitrogen and oxygen atoms in total. The molecule has 1 aliphatic rings. The van der Waals surface area contributed by atoms with Crippen LogP contribution < -0.4 is 5.32 Å². The summed E-state index contributed by atoms with van der Waals surface area (Å²) in [5.41, 5.74) is 0.795. The SMILES string of the molecule is O=C(CN1CC(O)CC1C(=O)O)NCc1ccccc1Cl. The molecule has 2 unspecified atom stereocenters. The minimum Gasteiger partial charge on any atom is -0.480 e. The van der Waals surface area contributed by atoms with Gasteiger partial charge in [0.2, 0.25) is 5.91 Å². The molecule has 0 radical (unpaired) electrons. The number of carboxylic acid groups (broad SMARTS) is 1. The summed E-state index contributed by atoms with van der Waals surface area (Å²) in [5.74, 6) is -1.32. The highest BCUT2D eigenvalue weighted by molar-refractivity contribution is 6.31. The normalized spacial score (nSPS) is 22.2. The summed E-state index contributed by atoms with van der Waals surface area (Å²) in [5, 5.41) is 21.8. The minimum absolute atomic E-state index is 0.0571. The summed E-state index contributed by atoms with van der Waals surface area (Å²) in [7, 11) is 0. The van der Waals surface area contributed by atoms with Crippen molar-refractivity contribution in [2.75, 3.05) is 13.1 Å². The third-order valence-electron chi connectivity index (χ3n) is 3.45. The van der Waals surface area contributed by atoms with E-state index < -0.39 is 18.1 Å². The van der Waals surface area contributed by atoms with Gasteiger partial charge in [-0.25, -0.2) is 0 Å². The molecular formula is C14H17ClN2O4. The van der Waals surface area contributed by atoms with E-state index in [-0.39, 0.29) is 32.0 Å². The summed E-state index contributed by atoms with van der Waals surface area (Å²) in [6, 6.07) is 6.36. The van der Waals surface area contributed by atoms with Gasteiger partial charge in [0, 0.05) is 24.5 Å². The van der Waals surface area contributed by atoms with E-state index in [1.54, 1.807) is 12.1 Å². The van der Waals surface area contributed by atoms with Crippen molar-refractivity contribution >= 4 is 23.5 Å². The maximum absolute atomic E-state index is 11.9. The van der Waals surface area contributed by atoms with E-state index in [2.05, 4.69) is 5.32 Å². The largest absolute Gasteiger partial charge is 0.480 e. The predicted molar refractivity (Wildman–Crippen MR) is 76.9 cm³/mol. The number of hydrogen-bond donors (Lipinski definition) is 3.